The van der Waals surface area contributed by atoms with Crippen LogP contribution in [0.4, 0.5) is 0 Å². The fourth-order valence-corrected chi connectivity index (χ4v) is 8.05. The fraction of sp³-hybridized carbons (Fsp3) is 0.122. The average molecular weight is 686 g/mol. The SMILES string of the molecule is COc1ccc([I+]c2ccc(C(C)(C)C)cc2)cc1.c1ccc([B-](c2ccccc2)(c2ccccc2)c2ccccc2)cc1. The minimum Gasteiger partial charge on any atom is -0.497 e. The van der Waals surface area contributed by atoms with E-state index in [1.807, 2.05) is 12.1 Å². The zero-order valence-corrected chi connectivity index (χ0v) is 28.2. The molecule has 220 valence electrons. The Bertz CT molecular complexity index is 1530. The molecule has 0 radical (unpaired) electrons. The molecule has 0 aliphatic heterocycles. The second-order valence-corrected chi connectivity index (χ2v) is 15.0. The van der Waals surface area contributed by atoms with Crippen LogP contribution in [0.15, 0.2) is 170 Å². The molecule has 0 bridgehead atoms. The summed E-state index contributed by atoms with van der Waals surface area (Å²) in [4.78, 5) is 0. The van der Waals surface area contributed by atoms with Gasteiger partial charge in [-0.25, -0.2) is 0 Å². The Kier molecular flexibility index (Phi) is 10.4. The van der Waals surface area contributed by atoms with Crippen molar-refractivity contribution in [1.29, 1.82) is 0 Å². The van der Waals surface area contributed by atoms with Crippen LogP contribution in [0, 0.1) is 7.14 Å². The third-order valence-corrected chi connectivity index (χ3v) is 10.9. The quantitative estimate of drug-likeness (QED) is 0.181. The molecule has 0 aliphatic rings. The highest BCUT2D eigenvalue weighted by molar-refractivity contribution is 7.19. The zero-order valence-electron chi connectivity index (χ0n) is 26.0. The van der Waals surface area contributed by atoms with Crippen LogP contribution in [0.5, 0.6) is 5.75 Å². The summed E-state index contributed by atoms with van der Waals surface area (Å²) >= 11 is -0.0944. The van der Waals surface area contributed by atoms with Crippen LogP contribution in [0.1, 0.15) is 26.3 Å². The highest BCUT2D eigenvalue weighted by atomic mass is 127. The molecule has 3 heteroatoms. The zero-order chi connectivity index (χ0) is 30.8. The second-order valence-electron chi connectivity index (χ2n) is 12.0. The van der Waals surface area contributed by atoms with Crippen molar-refractivity contribution in [3.63, 3.8) is 0 Å². The molecule has 0 aliphatic carbocycles. The van der Waals surface area contributed by atoms with E-state index in [0.717, 1.165) is 5.75 Å². The maximum absolute atomic E-state index is 5.18. The molecule has 44 heavy (non-hydrogen) atoms. The lowest BCUT2D eigenvalue weighted by Crippen LogP contribution is -3.61. The predicted molar refractivity (Wildman–Crippen MR) is 186 cm³/mol. The van der Waals surface area contributed by atoms with Crippen molar-refractivity contribution < 1.29 is 25.9 Å². The molecule has 6 rings (SSSR count). The summed E-state index contributed by atoms with van der Waals surface area (Å²) in [6, 6.07) is 61.0. The Morgan fingerprint density at radius 2 is 0.750 bits per heavy atom. The Hall–Kier alpha value is -4.09. The number of ether oxygens (including phenoxy) is 1. The molecule has 0 heterocycles. The molecule has 0 aromatic heterocycles. The third-order valence-electron chi connectivity index (χ3n) is 8.18. The van der Waals surface area contributed by atoms with E-state index in [-0.39, 0.29) is 26.6 Å². The van der Waals surface area contributed by atoms with Crippen molar-refractivity contribution in [2.24, 2.45) is 0 Å². The topological polar surface area (TPSA) is 9.23 Å². The summed E-state index contributed by atoms with van der Waals surface area (Å²) < 4.78 is 8.06. The van der Waals surface area contributed by atoms with Crippen molar-refractivity contribution in [2.45, 2.75) is 26.2 Å². The van der Waals surface area contributed by atoms with Gasteiger partial charge in [-0.2, -0.15) is 21.9 Å². The maximum Gasteiger partial charge on any atom is 0.357 e. The first kappa shape index (κ1) is 31.3. The minimum absolute atomic E-state index is 0.0944. The summed E-state index contributed by atoms with van der Waals surface area (Å²) in [7, 11) is 1.70. The molecule has 6 aromatic rings. The predicted octanol–water partition coefficient (Wildman–Crippen LogP) is 4.19. The molecular weight excluding hydrogens is 646 g/mol. The summed E-state index contributed by atoms with van der Waals surface area (Å²) in [6.45, 7) is 6.75. The summed E-state index contributed by atoms with van der Waals surface area (Å²) in [6.07, 6.45) is -1.22. The van der Waals surface area contributed by atoms with Crippen LogP contribution >= 0.6 is 0 Å². The smallest absolute Gasteiger partial charge is 0.357 e. The molecule has 0 spiro atoms. The third kappa shape index (κ3) is 7.34. The van der Waals surface area contributed by atoms with Crippen molar-refractivity contribution in [3.05, 3.63) is 183 Å². The lowest BCUT2D eigenvalue weighted by Gasteiger charge is -2.44. The summed E-state index contributed by atoms with van der Waals surface area (Å²) in [5, 5.41) is 0. The number of rotatable bonds is 7. The Morgan fingerprint density at radius 3 is 1.05 bits per heavy atom. The van der Waals surface area contributed by atoms with Crippen molar-refractivity contribution in [3.8, 4) is 5.75 Å². The minimum atomic E-state index is -1.22. The number of hydrogen-bond donors (Lipinski definition) is 0. The van der Waals surface area contributed by atoms with E-state index < -0.39 is 6.15 Å². The Morgan fingerprint density at radius 1 is 0.432 bits per heavy atom. The monoisotopic (exact) mass is 686 g/mol. The number of hydrogen-bond acceptors (Lipinski definition) is 1. The fourth-order valence-electron chi connectivity index (χ4n) is 5.89. The summed E-state index contributed by atoms with van der Waals surface area (Å²) in [5.74, 6) is 0.927. The lowest BCUT2D eigenvalue weighted by molar-refractivity contribution is -0.597. The molecule has 0 amide bonds. The van der Waals surface area contributed by atoms with Crippen molar-refractivity contribution in [1.82, 2.24) is 0 Å². The first-order chi connectivity index (χ1) is 21.4. The van der Waals surface area contributed by atoms with E-state index >= 15 is 0 Å². The first-order valence-corrected chi connectivity index (χ1v) is 17.3. The van der Waals surface area contributed by atoms with Gasteiger partial charge in [0.1, 0.15) is 11.9 Å². The van der Waals surface area contributed by atoms with Crippen LogP contribution in [0.2, 0.25) is 0 Å². The van der Waals surface area contributed by atoms with Crippen LogP contribution in [-0.4, -0.2) is 13.3 Å². The molecular formula is C41H40BIO. The van der Waals surface area contributed by atoms with Gasteiger partial charge in [-0.05, 0) is 47.4 Å². The largest absolute Gasteiger partial charge is 0.497 e. The first-order valence-electron chi connectivity index (χ1n) is 15.2. The van der Waals surface area contributed by atoms with Gasteiger partial charge in [0.25, 0.3) is 0 Å². The van der Waals surface area contributed by atoms with Gasteiger partial charge in [0.2, 0.25) is 0 Å². The highest BCUT2D eigenvalue weighted by Crippen LogP contribution is 2.21. The van der Waals surface area contributed by atoms with Gasteiger partial charge >= 0.3 is 21.2 Å². The van der Waals surface area contributed by atoms with Gasteiger partial charge in [0, 0.05) is 0 Å². The van der Waals surface area contributed by atoms with Gasteiger partial charge in [0.15, 0.2) is 7.14 Å². The number of halogens is 1. The molecule has 0 saturated carbocycles. The second kappa shape index (κ2) is 14.6. The molecule has 0 unspecified atom stereocenters. The van der Waals surface area contributed by atoms with E-state index in [1.54, 1.807) is 7.11 Å². The maximum atomic E-state index is 5.18. The van der Waals surface area contributed by atoms with Gasteiger partial charge in [-0.15, -0.1) is 0 Å². The van der Waals surface area contributed by atoms with Gasteiger partial charge in [-0.3, -0.25) is 0 Å². The normalized spacial score (nSPS) is 11.3. The molecule has 6 aromatic carbocycles. The van der Waals surface area contributed by atoms with E-state index in [0.29, 0.717) is 0 Å². The van der Waals surface area contributed by atoms with Crippen LogP contribution in [0.25, 0.3) is 0 Å². The van der Waals surface area contributed by atoms with Crippen molar-refractivity contribution >= 4 is 28.0 Å². The van der Waals surface area contributed by atoms with Gasteiger partial charge in [-0.1, -0.05) is 154 Å². The number of benzene rings is 6. The van der Waals surface area contributed by atoms with Gasteiger partial charge in [0.05, 0.1) is 7.11 Å². The Balaban J connectivity index is 0.000000182. The number of methoxy groups -OCH3 is 1. The van der Waals surface area contributed by atoms with E-state index in [4.69, 9.17) is 4.74 Å². The van der Waals surface area contributed by atoms with Crippen LogP contribution in [0.3, 0.4) is 0 Å². The molecule has 0 N–H and O–H groups in total. The Labute approximate surface area is 274 Å². The van der Waals surface area contributed by atoms with Crippen LogP contribution in [-0.2, 0) is 5.41 Å². The van der Waals surface area contributed by atoms with E-state index in [2.05, 4.69) is 178 Å². The summed E-state index contributed by atoms with van der Waals surface area (Å²) in [5.41, 5.74) is 6.99. The standard InChI is InChI=1S/C24H20B.C17H20IO/c1-5-13-21(14-6-1)25(22-15-7-2-8-16-22,23-17-9-3-10-18-23)24-19-11-4-12-20-24;1-17(2,3)13-5-7-14(8-6-13)18-15-9-11-16(19-4)12-10-15/h1-20H;5-12H,1-4H3/q-1;+1. The molecule has 1 nitrogen and oxygen atoms in total. The lowest BCUT2D eigenvalue weighted by atomic mass is 9.13. The molecule has 0 atom stereocenters. The average Bonchev–Trinajstić information content (AvgIpc) is 3.08. The van der Waals surface area contributed by atoms with Crippen molar-refractivity contribution in [2.75, 3.05) is 7.11 Å². The van der Waals surface area contributed by atoms with E-state index in [9.17, 15) is 0 Å². The van der Waals surface area contributed by atoms with E-state index in [1.165, 1.54) is 34.6 Å². The molecule has 0 fully saturated rings. The molecule has 0 saturated heterocycles. The van der Waals surface area contributed by atoms with Crippen LogP contribution < -0.4 is 47.8 Å². The van der Waals surface area contributed by atoms with Gasteiger partial charge < -0.3 is 4.74 Å². The highest BCUT2D eigenvalue weighted by Gasteiger charge is 2.31.